The number of rotatable bonds is 1. The Hall–Kier alpha value is -1.90. The number of fused-ring (bicyclic) bond motifs is 2. The molecule has 3 fully saturated rings. The first-order valence-electron chi connectivity index (χ1n) is 6.03. The van der Waals surface area contributed by atoms with E-state index < -0.39 is 0 Å². The number of hydrogen-bond acceptors (Lipinski definition) is 2. The molecule has 1 aromatic heterocycles. The van der Waals surface area contributed by atoms with Gasteiger partial charge in [-0.05, 0) is 17.7 Å². The van der Waals surface area contributed by atoms with Gasteiger partial charge in [-0.25, -0.2) is 0 Å². The second-order valence-electron chi connectivity index (χ2n) is 5.25. The second kappa shape index (κ2) is 2.35. The zero-order chi connectivity index (χ0) is 11.1. The van der Waals surface area contributed by atoms with Crippen LogP contribution in [0.4, 0.5) is 0 Å². The monoisotopic (exact) mass is 222 g/mol. The molecular weight excluding hydrogens is 212 g/mol. The maximum absolute atomic E-state index is 11.6. The molecule has 4 atom stereocenters. The van der Waals surface area contributed by atoms with E-state index in [1.165, 1.54) is 10.9 Å². The molecule has 1 aromatic carbocycles. The molecule has 0 N–H and O–H groups in total. The Morgan fingerprint density at radius 1 is 1.24 bits per heavy atom. The lowest BCUT2D eigenvalue weighted by Crippen LogP contribution is -2.50. The van der Waals surface area contributed by atoms with Crippen molar-refractivity contribution < 1.29 is 4.79 Å². The quantitative estimate of drug-likeness (QED) is 0.689. The first-order valence-corrected chi connectivity index (χ1v) is 6.03. The predicted molar refractivity (Wildman–Crippen MR) is 62.1 cm³/mol. The van der Waals surface area contributed by atoms with E-state index in [0.717, 1.165) is 5.52 Å². The van der Waals surface area contributed by atoms with Gasteiger partial charge in [0, 0.05) is 17.5 Å². The minimum absolute atomic E-state index is 0.328. The highest BCUT2D eigenvalue weighted by Crippen LogP contribution is 2.72. The van der Waals surface area contributed by atoms with E-state index in [1.54, 1.807) is 0 Å². The molecule has 2 aromatic rings. The Morgan fingerprint density at radius 2 is 2.12 bits per heavy atom. The number of nitrogens with zero attached hydrogens (tertiary/aromatic N) is 2. The van der Waals surface area contributed by atoms with Gasteiger partial charge in [0.2, 0.25) is 5.91 Å². The molecular formula is C14H10N2O. The molecule has 3 heterocycles. The standard InChI is InChI=1S/C14H10N2O/c17-14-11-10-12(16(14)13(10)11)8-5-7-3-1-2-4-9(7)15-6-8/h1-6,10-13H/t10?,11?,12-,13?/m0/s1. The number of carbonyl (C=O) groups is 1. The molecule has 0 bridgehead atoms. The summed E-state index contributed by atoms with van der Waals surface area (Å²) in [6, 6.07) is 11.2. The van der Waals surface area contributed by atoms with Gasteiger partial charge >= 0.3 is 0 Å². The van der Waals surface area contributed by atoms with Gasteiger partial charge in [-0.15, -0.1) is 0 Å². The third-order valence-electron chi connectivity index (χ3n) is 4.51. The molecule has 1 aliphatic carbocycles. The van der Waals surface area contributed by atoms with Crippen LogP contribution in [0.1, 0.15) is 11.6 Å². The van der Waals surface area contributed by atoms with Crippen LogP contribution < -0.4 is 0 Å². The Kier molecular flexibility index (Phi) is 1.14. The first-order chi connectivity index (χ1) is 8.36. The van der Waals surface area contributed by atoms with E-state index in [4.69, 9.17) is 0 Å². The third-order valence-corrected chi connectivity index (χ3v) is 4.51. The van der Waals surface area contributed by atoms with Gasteiger partial charge in [0.25, 0.3) is 0 Å². The van der Waals surface area contributed by atoms with Gasteiger partial charge < -0.3 is 4.90 Å². The van der Waals surface area contributed by atoms with Crippen molar-refractivity contribution in [1.82, 2.24) is 9.88 Å². The minimum atomic E-state index is 0.328. The summed E-state index contributed by atoms with van der Waals surface area (Å²) in [7, 11) is 0. The van der Waals surface area contributed by atoms with Gasteiger partial charge in [-0.3, -0.25) is 9.78 Å². The van der Waals surface area contributed by atoms with Crippen molar-refractivity contribution in [3.8, 4) is 0 Å². The largest absolute Gasteiger partial charge is 0.331 e. The van der Waals surface area contributed by atoms with Crippen LogP contribution in [0.25, 0.3) is 10.9 Å². The van der Waals surface area contributed by atoms with Crippen molar-refractivity contribution in [2.75, 3.05) is 0 Å². The molecule has 3 heteroatoms. The summed E-state index contributed by atoms with van der Waals surface area (Å²) in [5, 5.41) is 1.17. The van der Waals surface area contributed by atoms with Crippen LogP contribution in [0.2, 0.25) is 0 Å². The Morgan fingerprint density at radius 3 is 2.88 bits per heavy atom. The van der Waals surface area contributed by atoms with Crippen molar-refractivity contribution >= 4 is 16.8 Å². The number of para-hydroxylation sites is 1. The Balaban J connectivity index is 1.64. The van der Waals surface area contributed by atoms with Crippen LogP contribution in [0.5, 0.6) is 0 Å². The molecule has 2 aliphatic heterocycles. The van der Waals surface area contributed by atoms with Crippen molar-refractivity contribution in [2.24, 2.45) is 11.8 Å². The van der Waals surface area contributed by atoms with Crippen LogP contribution in [0.3, 0.4) is 0 Å². The van der Waals surface area contributed by atoms with Crippen LogP contribution in [-0.2, 0) is 4.79 Å². The number of amides is 1. The molecule has 82 valence electrons. The average molecular weight is 222 g/mol. The molecule has 3 unspecified atom stereocenters. The van der Waals surface area contributed by atoms with E-state index in [-0.39, 0.29) is 0 Å². The maximum Gasteiger partial charge on any atom is 0.229 e. The van der Waals surface area contributed by atoms with Crippen molar-refractivity contribution in [1.29, 1.82) is 0 Å². The molecule has 3 aliphatic rings. The molecule has 0 radical (unpaired) electrons. The lowest BCUT2D eigenvalue weighted by atomic mass is 9.96. The molecule has 3 nitrogen and oxygen atoms in total. The first kappa shape index (κ1) is 8.23. The van der Waals surface area contributed by atoms with Crippen LogP contribution >= 0.6 is 0 Å². The number of aromatic nitrogens is 1. The summed E-state index contributed by atoms with van der Waals surface area (Å²) in [6.45, 7) is 0. The summed E-state index contributed by atoms with van der Waals surface area (Å²) in [5.41, 5.74) is 2.23. The van der Waals surface area contributed by atoms with Gasteiger partial charge in [0.1, 0.15) is 0 Å². The third kappa shape index (κ3) is 0.761. The highest BCUT2D eigenvalue weighted by Gasteiger charge is 2.82. The molecule has 1 amide bonds. The fraction of sp³-hybridized carbons (Fsp3) is 0.286. The summed E-state index contributed by atoms with van der Waals surface area (Å²) in [5.74, 6) is 1.33. The molecule has 2 saturated heterocycles. The minimum Gasteiger partial charge on any atom is -0.331 e. The molecule has 0 spiro atoms. The topological polar surface area (TPSA) is 33.2 Å². The summed E-state index contributed by atoms with van der Waals surface area (Å²) >= 11 is 0. The Labute approximate surface area is 98.1 Å². The summed E-state index contributed by atoms with van der Waals surface area (Å²) < 4.78 is 0. The summed E-state index contributed by atoms with van der Waals surface area (Å²) in [6.07, 6.45) is 1.93. The highest BCUT2D eigenvalue weighted by molar-refractivity contribution is 5.96. The predicted octanol–water partition coefficient (Wildman–Crippen LogP) is 1.75. The van der Waals surface area contributed by atoms with E-state index in [1.807, 2.05) is 29.3 Å². The molecule has 5 rings (SSSR count). The lowest BCUT2D eigenvalue weighted by Gasteiger charge is -2.41. The lowest BCUT2D eigenvalue weighted by molar-refractivity contribution is -0.144. The Bertz CT molecular complexity index is 681. The zero-order valence-electron chi connectivity index (χ0n) is 9.08. The van der Waals surface area contributed by atoms with E-state index >= 15 is 0 Å². The SMILES string of the molecule is O=C1C2C3C2N1[C@H]3c1cnc2ccccc2c1. The van der Waals surface area contributed by atoms with Gasteiger partial charge in [-0.1, -0.05) is 18.2 Å². The smallest absolute Gasteiger partial charge is 0.229 e. The number of carbonyl (C=O) groups excluding carboxylic acids is 1. The average Bonchev–Trinajstić information content (AvgIpc) is 2.76. The van der Waals surface area contributed by atoms with Gasteiger partial charge in [0.05, 0.1) is 23.5 Å². The summed E-state index contributed by atoms with van der Waals surface area (Å²) in [4.78, 5) is 18.1. The van der Waals surface area contributed by atoms with E-state index in [0.29, 0.717) is 29.8 Å². The van der Waals surface area contributed by atoms with Crippen molar-refractivity contribution in [3.63, 3.8) is 0 Å². The van der Waals surface area contributed by atoms with Crippen LogP contribution in [-0.4, -0.2) is 21.8 Å². The fourth-order valence-corrected chi connectivity index (χ4v) is 3.65. The number of β-lactam (4-membered cyclic amide) rings is 1. The number of piperidine rings is 1. The second-order valence-corrected chi connectivity index (χ2v) is 5.25. The zero-order valence-corrected chi connectivity index (χ0v) is 9.08. The maximum atomic E-state index is 11.6. The van der Waals surface area contributed by atoms with E-state index in [2.05, 4.69) is 17.1 Å². The fourth-order valence-electron chi connectivity index (χ4n) is 3.65. The van der Waals surface area contributed by atoms with Crippen molar-refractivity contribution in [2.45, 2.75) is 12.1 Å². The molecule has 17 heavy (non-hydrogen) atoms. The van der Waals surface area contributed by atoms with E-state index in [9.17, 15) is 4.79 Å². The van der Waals surface area contributed by atoms with Gasteiger partial charge in [0.15, 0.2) is 0 Å². The number of hydrogen-bond donors (Lipinski definition) is 0. The number of benzene rings is 1. The van der Waals surface area contributed by atoms with Crippen LogP contribution in [0, 0.1) is 11.8 Å². The highest BCUT2D eigenvalue weighted by atomic mass is 16.2. The normalized spacial score (nSPS) is 36.2. The number of pyridine rings is 1. The van der Waals surface area contributed by atoms with Gasteiger partial charge in [-0.2, -0.15) is 0 Å². The van der Waals surface area contributed by atoms with Crippen molar-refractivity contribution in [3.05, 3.63) is 42.1 Å². The molecule has 1 saturated carbocycles. The van der Waals surface area contributed by atoms with Crippen LogP contribution in [0.15, 0.2) is 36.5 Å².